The van der Waals surface area contributed by atoms with E-state index in [0.29, 0.717) is 0 Å². The largest absolute Gasteiger partial charge is 0.481 e. The molecule has 0 aliphatic carbocycles. The molecule has 1 amide bonds. The van der Waals surface area contributed by atoms with Gasteiger partial charge in [0, 0.05) is 18.3 Å². The molecule has 0 unspecified atom stereocenters. The summed E-state index contributed by atoms with van der Waals surface area (Å²) < 4.78 is 1.74. The number of nitrogens with zero attached hydrogens (tertiary/aromatic N) is 2. The van der Waals surface area contributed by atoms with Gasteiger partial charge in [-0.2, -0.15) is 5.10 Å². The average molecular weight is 329 g/mol. The number of carboxylic acid groups (broad SMARTS) is 1. The lowest BCUT2D eigenvalue weighted by Crippen LogP contribution is -2.31. The molecule has 2 aromatic rings. The molecule has 0 saturated heterocycles. The fourth-order valence-corrected chi connectivity index (χ4v) is 2.70. The number of aromatic nitrogens is 2. The fraction of sp³-hybridized carbons (Fsp3) is 0.389. The van der Waals surface area contributed by atoms with Gasteiger partial charge in [-0.05, 0) is 26.3 Å². The third-order valence-corrected chi connectivity index (χ3v) is 4.19. The van der Waals surface area contributed by atoms with Gasteiger partial charge in [0.1, 0.15) is 0 Å². The number of hydrogen-bond acceptors (Lipinski definition) is 3. The minimum absolute atomic E-state index is 0.153. The Morgan fingerprint density at radius 1 is 1.21 bits per heavy atom. The van der Waals surface area contributed by atoms with Crippen molar-refractivity contribution in [2.75, 3.05) is 0 Å². The van der Waals surface area contributed by atoms with Crippen LogP contribution in [0.5, 0.6) is 0 Å². The van der Waals surface area contributed by atoms with Gasteiger partial charge in [0.25, 0.3) is 0 Å². The molecule has 0 aliphatic heterocycles. The number of nitrogens with one attached hydrogen (secondary N) is 1. The van der Waals surface area contributed by atoms with E-state index in [4.69, 9.17) is 5.11 Å². The normalized spacial score (nSPS) is 12.0. The van der Waals surface area contributed by atoms with Crippen LogP contribution in [-0.2, 0) is 23.1 Å². The predicted octanol–water partition coefficient (Wildman–Crippen LogP) is 2.22. The number of hydrogen-bond donors (Lipinski definition) is 2. The summed E-state index contributed by atoms with van der Waals surface area (Å²) in [6, 6.07) is 6.97. The number of carbonyl (C=O) groups is 2. The first-order chi connectivity index (χ1) is 11.3. The van der Waals surface area contributed by atoms with Crippen molar-refractivity contribution in [3.8, 4) is 0 Å². The van der Waals surface area contributed by atoms with Crippen LogP contribution in [-0.4, -0.2) is 26.8 Å². The van der Waals surface area contributed by atoms with E-state index in [-0.39, 0.29) is 18.7 Å². The Morgan fingerprint density at radius 2 is 1.83 bits per heavy atom. The minimum Gasteiger partial charge on any atom is -0.481 e. The summed E-state index contributed by atoms with van der Waals surface area (Å²) in [6.07, 6.45) is 0.0350. The summed E-state index contributed by atoms with van der Waals surface area (Å²) >= 11 is 0. The van der Waals surface area contributed by atoms with Gasteiger partial charge in [0.15, 0.2) is 0 Å². The van der Waals surface area contributed by atoms with Crippen LogP contribution in [0, 0.1) is 20.8 Å². The molecule has 1 aromatic heterocycles. The second-order valence-electron chi connectivity index (χ2n) is 6.08. The number of aliphatic carboxylic acids is 1. The van der Waals surface area contributed by atoms with Crippen LogP contribution in [0.25, 0.3) is 0 Å². The number of carbonyl (C=O) groups excluding carboxylic acids is 1. The van der Waals surface area contributed by atoms with Crippen molar-refractivity contribution in [1.29, 1.82) is 0 Å². The van der Waals surface area contributed by atoms with Crippen molar-refractivity contribution in [3.05, 3.63) is 52.3 Å². The lowest BCUT2D eigenvalue weighted by atomic mass is 10.0. The summed E-state index contributed by atoms with van der Waals surface area (Å²) in [5.41, 5.74) is 4.51. The van der Waals surface area contributed by atoms with Crippen LogP contribution in [0.2, 0.25) is 0 Å². The molecule has 0 aliphatic rings. The van der Waals surface area contributed by atoms with Gasteiger partial charge >= 0.3 is 5.97 Å². The molecule has 0 bridgehead atoms. The Kier molecular flexibility index (Phi) is 5.39. The van der Waals surface area contributed by atoms with Crippen LogP contribution in [0.4, 0.5) is 0 Å². The fourth-order valence-electron chi connectivity index (χ4n) is 2.70. The van der Waals surface area contributed by atoms with Gasteiger partial charge in [-0.25, -0.2) is 0 Å². The number of amides is 1. The molecule has 2 rings (SSSR count). The highest BCUT2D eigenvalue weighted by Gasteiger charge is 2.20. The molecular formula is C18H23N3O3. The van der Waals surface area contributed by atoms with E-state index in [2.05, 4.69) is 10.4 Å². The molecule has 6 heteroatoms. The summed E-state index contributed by atoms with van der Waals surface area (Å²) in [4.78, 5) is 23.6. The Hall–Kier alpha value is -2.63. The van der Waals surface area contributed by atoms with E-state index in [1.54, 1.807) is 4.68 Å². The zero-order valence-corrected chi connectivity index (χ0v) is 14.5. The van der Waals surface area contributed by atoms with Crippen LogP contribution >= 0.6 is 0 Å². The van der Waals surface area contributed by atoms with Crippen LogP contribution in [0.15, 0.2) is 24.3 Å². The SMILES string of the molecule is Cc1ccc([C@@H](CC(=O)O)NC(=O)Cc2c(C)nn(C)c2C)cc1. The molecule has 2 N–H and O–H groups in total. The number of rotatable bonds is 6. The Balaban J connectivity index is 2.15. The van der Waals surface area contributed by atoms with E-state index in [0.717, 1.165) is 28.1 Å². The van der Waals surface area contributed by atoms with Crippen molar-refractivity contribution >= 4 is 11.9 Å². The second kappa shape index (κ2) is 7.29. The van der Waals surface area contributed by atoms with Gasteiger partial charge in [-0.1, -0.05) is 29.8 Å². The molecule has 24 heavy (non-hydrogen) atoms. The van der Waals surface area contributed by atoms with E-state index in [1.807, 2.05) is 52.1 Å². The first-order valence-electron chi connectivity index (χ1n) is 7.84. The summed E-state index contributed by atoms with van der Waals surface area (Å²) in [6.45, 7) is 5.74. The zero-order valence-electron chi connectivity index (χ0n) is 14.5. The Morgan fingerprint density at radius 3 is 2.33 bits per heavy atom. The van der Waals surface area contributed by atoms with E-state index in [9.17, 15) is 9.59 Å². The maximum atomic E-state index is 12.4. The summed E-state index contributed by atoms with van der Waals surface area (Å²) in [5, 5.41) is 16.3. The smallest absolute Gasteiger partial charge is 0.305 e. The quantitative estimate of drug-likeness (QED) is 0.851. The standard InChI is InChI=1S/C18H23N3O3/c1-11-5-7-14(8-6-11)16(10-18(23)24)19-17(22)9-15-12(2)20-21(4)13(15)3/h5-8,16H,9-10H2,1-4H3,(H,19,22)(H,23,24)/t16-/m1/s1. The minimum atomic E-state index is -0.949. The topological polar surface area (TPSA) is 84.2 Å². The molecule has 1 aromatic carbocycles. The molecule has 0 saturated carbocycles. The molecule has 1 heterocycles. The maximum Gasteiger partial charge on any atom is 0.305 e. The highest BCUT2D eigenvalue weighted by Crippen LogP contribution is 2.19. The van der Waals surface area contributed by atoms with Crippen LogP contribution < -0.4 is 5.32 Å². The highest BCUT2D eigenvalue weighted by atomic mass is 16.4. The van der Waals surface area contributed by atoms with Gasteiger partial charge in [-0.15, -0.1) is 0 Å². The van der Waals surface area contributed by atoms with Crippen molar-refractivity contribution in [1.82, 2.24) is 15.1 Å². The monoisotopic (exact) mass is 329 g/mol. The third-order valence-electron chi connectivity index (χ3n) is 4.19. The van der Waals surface area contributed by atoms with Crippen molar-refractivity contribution < 1.29 is 14.7 Å². The van der Waals surface area contributed by atoms with Gasteiger partial charge in [-0.3, -0.25) is 14.3 Å². The molecular weight excluding hydrogens is 306 g/mol. The first kappa shape index (κ1) is 17.7. The predicted molar refractivity (Wildman–Crippen MR) is 90.7 cm³/mol. The maximum absolute atomic E-state index is 12.4. The molecule has 1 atom stereocenters. The number of carboxylic acids is 1. The third kappa shape index (κ3) is 4.22. The van der Waals surface area contributed by atoms with Crippen molar-refractivity contribution in [2.24, 2.45) is 7.05 Å². The van der Waals surface area contributed by atoms with E-state index >= 15 is 0 Å². The van der Waals surface area contributed by atoms with Gasteiger partial charge < -0.3 is 10.4 Å². The number of aryl methyl sites for hydroxylation is 3. The highest BCUT2D eigenvalue weighted by molar-refractivity contribution is 5.80. The lowest BCUT2D eigenvalue weighted by Gasteiger charge is -2.18. The van der Waals surface area contributed by atoms with Gasteiger partial charge in [0.05, 0.1) is 24.6 Å². The van der Waals surface area contributed by atoms with E-state index < -0.39 is 12.0 Å². The summed E-state index contributed by atoms with van der Waals surface area (Å²) in [7, 11) is 1.84. The average Bonchev–Trinajstić information content (AvgIpc) is 2.73. The van der Waals surface area contributed by atoms with Crippen molar-refractivity contribution in [2.45, 2.75) is 39.7 Å². The molecule has 0 radical (unpaired) electrons. The molecule has 6 nitrogen and oxygen atoms in total. The Labute approximate surface area is 141 Å². The first-order valence-corrected chi connectivity index (χ1v) is 7.84. The molecule has 0 fully saturated rings. The van der Waals surface area contributed by atoms with Crippen molar-refractivity contribution in [3.63, 3.8) is 0 Å². The number of benzene rings is 1. The lowest BCUT2D eigenvalue weighted by molar-refractivity contribution is -0.137. The second-order valence-corrected chi connectivity index (χ2v) is 6.08. The zero-order chi connectivity index (χ0) is 17.9. The van der Waals surface area contributed by atoms with E-state index in [1.165, 1.54) is 0 Å². The summed E-state index contributed by atoms with van der Waals surface area (Å²) in [5.74, 6) is -1.16. The molecule has 128 valence electrons. The Bertz CT molecular complexity index is 748. The molecule has 0 spiro atoms. The van der Waals surface area contributed by atoms with Crippen LogP contribution in [0.3, 0.4) is 0 Å². The van der Waals surface area contributed by atoms with Crippen LogP contribution in [0.1, 0.15) is 40.5 Å². The van der Waals surface area contributed by atoms with Gasteiger partial charge in [0.2, 0.25) is 5.91 Å².